The number of aromatic nitrogens is 1. The molecule has 5 heteroatoms. The van der Waals surface area contributed by atoms with E-state index in [9.17, 15) is 9.59 Å². The van der Waals surface area contributed by atoms with Gasteiger partial charge in [-0.1, -0.05) is 18.2 Å². The number of benzene rings is 1. The number of piperidine rings is 1. The molecule has 116 valence electrons. The lowest BCUT2D eigenvalue weighted by Crippen LogP contribution is -2.34. The van der Waals surface area contributed by atoms with Crippen molar-refractivity contribution in [2.24, 2.45) is 5.92 Å². The van der Waals surface area contributed by atoms with E-state index in [0.717, 1.165) is 30.4 Å². The van der Waals surface area contributed by atoms with Crippen molar-refractivity contribution in [1.29, 1.82) is 0 Å². The lowest BCUT2D eigenvalue weighted by Gasteiger charge is -2.22. The highest BCUT2D eigenvalue weighted by Crippen LogP contribution is 2.13. The van der Waals surface area contributed by atoms with Gasteiger partial charge in [0, 0.05) is 12.1 Å². The van der Waals surface area contributed by atoms with Crippen LogP contribution in [0, 0.1) is 5.92 Å². The first-order valence-corrected chi connectivity index (χ1v) is 7.85. The van der Waals surface area contributed by atoms with Gasteiger partial charge in [-0.05, 0) is 55.8 Å². The molecule has 0 radical (unpaired) electrons. The topological polar surface area (TPSA) is 74.0 Å². The highest BCUT2D eigenvalue weighted by Gasteiger charge is 2.15. The van der Waals surface area contributed by atoms with Gasteiger partial charge in [-0.15, -0.1) is 0 Å². The van der Waals surface area contributed by atoms with Crippen molar-refractivity contribution in [3.8, 4) is 0 Å². The van der Waals surface area contributed by atoms with E-state index in [1.807, 2.05) is 24.3 Å². The van der Waals surface area contributed by atoms with E-state index in [0.29, 0.717) is 12.5 Å². The van der Waals surface area contributed by atoms with Crippen LogP contribution in [-0.2, 0) is 0 Å². The fraction of sp³-hybridized carbons (Fsp3) is 0.412. The van der Waals surface area contributed by atoms with Crippen LogP contribution in [0.2, 0.25) is 0 Å². The maximum Gasteiger partial charge on any atom is 0.261 e. The number of amides is 1. The van der Waals surface area contributed by atoms with Crippen molar-refractivity contribution >= 4 is 16.8 Å². The Morgan fingerprint density at radius 1 is 1.32 bits per heavy atom. The van der Waals surface area contributed by atoms with Gasteiger partial charge in [-0.3, -0.25) is 9.59 Å². The minimum absolute atomic E-state index is 0.181. The summed E-state index contributed by atoms with van der Waals surface area (Å²) in [6, 6.07) is 9.12. The van der Waals surface area contributed by atoms with E-state index < -0.39 is 0 Å². The van der Waals surface area contributed by atoms with Gasteiger partial charge in [0.15, 0.2) is 0 Å². The number of nitrogens with one attached hydrogen (secondary N) is 3. The minimum Gasteiger partial charge on any atom is -0.352 e. The summed E-state index contributed by atoms with van der Waals surface area (Å²) in [5.74, 6) is 0.319. The largest absolute Gasteiger partial charge is 0.352 e. The quantitative estimate of drug-likeness (QED) is 0.803. The average molecular weight is 299 g/mol. The number of hydrogen-bond acceptors (Lipinski definition) is 3. The van der Waals surface area contributed by atoms with E-state index in [1.165, 1.54) is 12.8 Å². The Hall–Kier alpha value is -2.14. The third-order valence-electron chi connectivity index (χ3n) is 4.24. The molecule has 2 aromatic rings. The summed E-state index contributed by atoms with van der Waals surface area (Å²) in [4.78, 5) is 27.0. The highest BCUT2D eigenvalue weighted by molar-refractivity contribution is 5.97. The fourth-order valence-corrected chi connectivity index (χ4v) is 2.97. The lowest BCUT2D eigenvalue weighted by molar-refractivity contribution is 0.0949. The van der Waals surface area contributed by atoms with Gasteiger partial charge < -0.3 is 15.6 Å². The number of hydrogen-bond donors (Lipinski definition) is 3. The molecule has 0 bridgehead atoms. The number of carbonyl (C=O) groups excluding carboxylic acids is 1. The van der Waals surface area contributed by atoms with E-state index >= 15 is 0 Å². The van der Waals surface area contributed by atoms with Gasteiger partial charge in [0.2, 0.25) is 0 Å². The first kappa shape index (κ1) is 14.8. The van der Waals surface area contributed by atoms with Crippen molar-refractivity contribution in [2.45, 2.75) is 19.3 Å². The van der Waals surface area contributed by atoms with Crippen LogP contribution in [0.3, 0.4) is 0 Å². The van der Waals surface area contributed by atoms with Crippen LogP contribution in [0.15, 0.2) is 35.1 Å². The number of aromatic amines is 1. The zero-order valence-corrected chi connectivity index (χ0v) is 12.5. The fourth-order valence-electron chi connectivity index (χ4n) is 2.97. The van der Waals surface area contributed by atoms with Crippen molar-refractivity contribution < 1.29 is 4.79 Å². The molecule has 1 saturated heterocycles. The minimum atomic E-state index is -0.337. The first-order chi connectivity index (χ1) is 10.7. The second-order valence-electron chi connectivity index (χ2n) is 5.86. The Kier molecular flexibility index (Phi) is 4.53. The molecule has 1 unspecified atom stereocenters. The van der Waals surface area contributed by atoms with Crippen LogP contribution >= 0.6 is 0 Å². The number of H-pyrrole nitrogens is 1. The maximum absolute atomic E-state index is 12.2. The number of carbonyl (C=O) groups is 1. The van der Waals surface area contributed by atoms with Crippen LogP contribution < -0.4 is 16.2 Å². The van der Waals surface area contributed by atoms with Gasteiger partial charge in [0.1, 0.15) is 5.56 Å². The Balaban J connectivity index is 1.64. The number of para-hydroxylation sites is 1. The van der Waals surface area contributed by atoms with Crippen LogP contribution in [0.5, 0.6) is 0 Å². The van der Waals surface area contributed by atoms with Crippen LogP contribution in [-0.4, -0.2) is 30.5 Å². The maximum atomic E-state index is 12.2. The molecule has 1 aliphatic rings. The monoisotopic (exact) mass is 299 g/mol. The molecule has 1 aromatic carbocycles. The molecule has 2 heterocycles. The predicted molar refractivity (Wildman–Crippen MR) is 87.1 cm³/mol. The van der Waals surface area contributed by atoms with Gasteiger partial charge >= 0.3 is 0 Å². The van der Waals surface area contributed by atoms with Crippen molar-refractivity contribution in [1.82, 2.24) is 15.6 Å². The van der Waals surface area contributed by atoms with E-state index in [1.54, 1.807) is 6.07 Å². The summed E-state index contributed by atoms with van der Waals surface area (Å²) in [7, 11) is 0. The second kappa shape index (κ2) is 6.75. The number of fused-ring (bicyclic) bond motifs is 1. The van der Waals surface area contributed by atoms with Crippen LogP contribution in [0.25, 0.3) is 10.9 Å². The zero-order valence-electron chi connectivity index (χ0n) is 12.5. The molecule has 1 atom stereocenters. The first-order valence-electron chi connectivity index (χ1n) is 7.85. The standard InChI is InChI=1S/C17H21N3O2/c21-16(19-9-7-12-4-3-8-18-11-12)14-10-13-5-1-2-6-15(13)20-17(14)22/h1-2,5-6,10,12,18H,3-4,7-9,11H2,(H,19,21)(H,20,22). The number of pyridine rings is 1. The SMILES string of the molecule is O=C(NCCC1CCCNC1)c1cc2ccccc2[nH]c1=O. The normalized spacial score (nSPS) is 18.3. The average Bonchev–Trinajstić information content (AvgIpc) is 2.55. The highest BCUT2D eigenvalue weighted by atomic mass is 16.2. The van der Waals surface area contributed by atoms with Crippen LogP contribution in [0.4, 0.5) is 0 Å². The van der Waals surface area contributed by atoms with E-state index in [-0.39, 0.29) is 17.0 Å². The molecular formula is C17H21N3O2. The van der Waals surface area contributed by atoms with Gasteiger partial charge in [-0.2, -0.15) is 0 Å². The zero-order chi connectivity index (χ0) is 15.4. The summed E-state index contributed by atoms with van der Waals surface area (Å²) in [5, 5.41) is 7.10. The van der Waals surface area contributed by atoms with Gasteiger partial charge in [-0.25, -0.2) is 0 Å². The molecule has 0 spiro atoms. The molecule has 0 aliphatic carbocycles. The molecule has 3 N–H and O–H groups in total. The number of rotatable bonds is 4. The molecule has 1 fully saturated rings. The summed E-state index contributed by atoms with van der Waals surface area (Å²) < 4.78 is 0. The molecule has 1 aromatic heterocycles. The van der Waals surface area contributed by atoms with E-state index in [2.05, 4.69) is 15.6 Å². The summed E-state index contributed by atoms with van der Waals surface area (Å²) >= 11 is 0. The van der Waals surface area contributed by atoms with Crippen molar-refractivity contribution in [3.05, 3.63) is 46.2 Å². The molecule has 1 amide bonds. The lowest BCUT2D eigenvalue weighted by atomic mass is 9.96. The molecular weight excluding hydrogens is 278 g/mol. The Labute approximate surface area is 129 Å². The van der Waals surface area contributed by atoms with Gasteiger partial charge in [0.05, 0.1) is 0 Å². The molecule has 22 heavy (non-hydrogen) atoms. The smallest absolute Gasteiger partial charge is 0.261 e. The molecule has 0 saturated carbocycles. The summed E-state index contributed by atoms with van der Waals surface area (Å²) in [6.07, 6.45) is 3.35. The predicted octanol–water partition coefficient (Wildman–Crippen LogP) is 1.65. The van der Waals surface area contributed by atoms with Crippen molar-refractivity contribution in [3.63, 3.8) is 0 Å². The Bertz CT molecular complexity index is 717. The third-order valence-corrected chi connectivity index (χ3v) is 4.24. The Morgan fingerprint density at radius 2 is 2.18 bits per heavy atom. The van der Waals surface area contributed by atoms with Crippen molar-refractivity contribution in [2.75, 3.05) is 19.6 Å². The summed E-state index contributed by atoms with van der Waals surface area (Å²) in [6.45, 7) is 2.72. The Morgan fingerprint density at radius 3 is 3.00 bits per heavy atom. The third kappa shape index (κ3) is 3.36. The van der Waals surface area contributed by atoms with Gasteiger partial charge in [0.25, 0.3) is 11.5 Å². The second-order valence-corrected chi connectivity index (χ2v) is 5.86. The van der Waals surface area contributed by atoms with E-state index in [4.69, 9.17) is 0 Å². The summed E-state index contributed by atoms with van der Waals surface area (Å²) in [5.41, 5.74) is 0.591. The van der Waals surface area contributed by atoms with Crippen LogP contribution in [0.1, 0.15) is 29.6 Å². The molecule has 1 aliphatic heterocycles. The molecule has 3 rings (SSSR count). The molecule has 5 nitrogen and oxygen atoms in total.